The van der Waals surface area contributed by atoms with Crippen LogP contribution in [0, 0.1) is 5.92 Å². The molecule has 1 aromatic rings. The van der Waals surface area contributed by atoms with E-state index < -0.39 is 5.60 Å². The maximum Gasteiger partial charge on any atom is 0.494 e. The van der Waals surface area contributed by atoms with Crippen molar-refractivity contribution in [1.29, 1.82) is 0 Å². The zero-order chi connectivity index (χ0) is 17.5. The summed E-state index contributed by atoms with van der Waals surface area (Å²) in [5.74, 6) is 0.642. The molecule has 0 saturated carbocycles. The molecule has 0 radical (unpaired) electrons. The smallest absolute Gasteiger partial charge is 0.399 e. The van der Waals surface area contributed by atoms with Gasteiger partial charge in [0.15, 0.2) is 0 Å². The SMILES string of the molecule is CC(C)CCC1(C)OB(c2cccc(C(C)(C)O)c2)OC1(C)C. The third-order valence-electron chi connectivity index (χ3n) is 5.11. The first-order chi connectivity index (χ1) is 10.4. The van der Waals surface area contributed by atoms with Crippen LogP contribution < -0.4 is 5.46 Å². The predicted molar refractivity (Wildman–Crippen MR) is 95.8 cm³/mol. The van der Waals surface area contributed by atoms with E-state index in [4.69, 9.17) is 9.31 Å². The molecule has 4 heteroatoms. The molecular weight excluding hydrogens is 287 g/mol. The molecule has 1 unspecified atom stereocenters. The Kier molecular flexibility index (Phi) is 5.01. The zero-order valence-electron chi connectivity index (χ0n) is 15.6. The van der Waals surface area contributed by atoms with Crippen LogP contribution >= 0.6 is 0 Å². The van der Waals surface area contributed by atoms with Crippen LogP contribution in [0.25, 0.3) is 0 Å². The van der Waals surface area contributed by atoms with Gasteiger partial charge >= 0.3 is 7.12 Å². The van der Waals surface area contributed by atoms with Crippen molar-refractivity contribution in [3.8, 4) is 0 Å². The van der Waals surface area contributed by atoms with Crippen LogP contribution in [-0.2, 0) is 14.9 Å². The molecule has 0 spiro atoms. The Balaban J connectivity index is 2.23. The van der Waals surface area contributed by atoms with E-state index in [9.17, 15) is 5.11 Å². The van der Waals surface area contributed by atoms with Gasteiger partial charge in [-0.05, 0) is 64.4 Å². The highest BCUT2D eigenvalue weighted by Crippen LogP contribution is 2.41. The molecule has 1 saturated heterocycles. The Morgan fingerprint density at radius 2 is 1.83 bits per heavy atom. The van der Waals surface area contributed by atoms with Gasteiger partial charge in [-0.2, -0.15) is 0 Å². The molecular formula is C19H31BO3. The number of benzene rings is 1. The lowest BCUT2D eigenvalue weighted by atomic mass is 9.77. The fourth-order valence-electron chi connectivity index (χ4n) is 2.92. The van der Waals surface area contributed by atoms with Gasteiger partial charge in [-0.3, -0.25) is 0 Å². The Labute approximate surface area is 141 Å². The number of hydrogen-bond donors (Lipinski definition) is 1. The van der Waals surface area contributed by atoms with Gasteiger partial charge in [-0.15, -0.1) is 0 Å². The molecule has 1 aliphatic heterocycles. The van der Waals surface area contributed by atoms with Crippen molar-refractivity contribution in [2.45, 2.75) is 78.1 Å². The van der Waals surface area contributed by atoms with E-state index in [0.29, 0.717) is 5.92 Å². The lowest BCUT2D eigenvalue weighted by Crippen LogP contribution is -2.44. The molecule has 0 aromatic heterocycles. The first-order valence-electron chi connectivity index (χ1n) is 8.63. The summed E-state index contributed by atoms with van der Waals surface area (Å²) in [6.45, 7) is 14.4. The maximum absolute atomic E-state index is 10.2. The molecule has 0 aliphatic carbocycles. The van der Waals surface area contributed by atoms with Crippen molar-refractivity contribution in [2.24, 2.45) is 5.92 Å². The Bertz CT molecular complexity index is 548. The monoisotopic (exact) mass is 318 g/mol. The Hall–Kier alpha value is -0.835. The van der Waals surface area contributed by atoms with E-state index in [1.165, 1.54) is 0 Å². The molecule has 1 atom stereocenters. The van der Waals surface area contributed by atoms with Gasteiger partial charge in [-0.1, -0.05) is 38.1 Å². The highest BCUT2D eigenvalue weighted by Gasteiger charge is 2.54. The van der Waals surface area contributed by atoms with Gasteiger partial charge in [0, 0.05) is 0 Å². The van der Waals surface area contributed by atoms with E-state index in [1.54, 1.807) is 13.8 Å². The summed E-state index contributed by atoms with van der Waals surface area (Å²) >= 11 is 0. The fourth-order valence-corrected chi connectivity index (χ4v) is 2.92. The summed E-state index contributed by atoms with van der Waals surface area (Å²) in [5.41, 5.74) is 0.302. The minimum Gasteiger partial charge on any atom is -0.399 e. The van der Waals surface area contributed by atoms with Gasteiger partial charge in [0.25, 0.3) is 0 Å². The zero-order valence-corrected chi connectivity index (χ0v) is 15.6. The molecule has 3 nitrogen and oxygen atoms in total. The van der Waals surface area contributed by atoms with Crippen LogP contribution in [0.4, 0.5) is 0 Å². The van der Waals surface area contributed by atoms with Gasteiger partial charge in [-0.25, -0.2) is 0 Å². The van der Waals surface area contributed by atoms with E-state index in [0.717, 1.165) is 23.9 Å². The Morgan fingerprint density at radius 3 is 2.39 bits per heavy atom. The second kappa shape index (κ2) is 6.23. The van der Waals surface area contributed by atoms with Crippen molar-refractivity contribution in [3.05, 3.63) is 29.8 Å². The second-order valence-electron chi connectivity index (χ2n) is 8.43. The first kappa shape index (κ1) is 18.5. The molecule has 128 valence electrons. The summed E-state index contributed by atoms with van der Waals surface area (Å²) in [6.07, 6.45) is 2.08. The van der Waals surface area contributed by atoms with Crippen LogP contribution in [0.5, 0.6) is 0 Å². The van der Waals surface area contributed by atoms with Crippen LogP contribution in [0.3, 0.4) is 0 Å². The molecule has 1 aliphatic rings. The highest BCUT2D eigenvalue weighted by atomic mass is 16.7. The van der Waals surface area contributed by atoms with Gasteiger partial charge in [0.2, 0.25) is 0 Å². The van der Waals surface area contributed by atoms with Crippen molar-refractivity contribution < 1.29 is 14.4 Å². The average Bonchev–Trinajstić information content (AvgIpc) is 2.67. The minimum atomic E-state index is -0.870. The number of rotatable bonds is 5. The lowest BCUT2D eigenvalue weighted by molar-refractivity contribution is -0.0189. The maximum atomic E-state index is 10.2. The molecule has 0 bridgehead atoms. The van der Waals surface area contributed by atoms with Crippen molar-refractivity contribution >= 4 is 12.6 Å². The Morgan fingerprint density at radius 1 is 1.17 bits per heavy atom. The summed E-state index contributed by atoms with van der Waals surface area (Å²) < 4.78 is 12.6. The van der Waals surface area contributed by atoms with Gasteiger partial charge in [0.05, 0.1) is 16.8 Å². The largest absolute Gasteiger partial charge is 0.494 e. The van der Waals surface area contributed by atoms with E-state index >= 15 is 0 Å². The molecule has 1 N–H and O–H groups in total. The van der Waals surface area contributed by atoms with Crippen molar-refractivity contribution in [3.63, 3.8) is 0 Å². The molecule has 0 amide bonds. The topological polar surface area (TPSA) is 38.7 Å². The predicted octanol–water partition coefficient (Wildman–Crippen LogP) is 3.63. The van der Waals surface area contributed by atoms with Crippen molar-refractivity contribution in [1.82, 2.24) is 0 Å². The molecule has 1 aromatic carbocycles. The van der Waals surface area contributed by atoms with E-state index in [2.05, 4.69) is 34.6 Å². The van der Waals surface area contributed by atoms with Gasteiger partial charge < -0.3 is 14.4 Å². The van der Waals surface area contributed by atoms with E-state index in [1.807, 2.05) is 24.3 Å². The third-order valence-corrected chi connectivity index (χ3v) is 5.11. The van der Waals surface area contributed by atoms with Crippen LogP contribution in [0.1, 0.15) is 66.9 Å². The summed E-state index contributed by atoms with van der Waals surface area (Å²) in [5, 5.41) is 10.2. The number of hydrogen-bond acceptors (Lipinski definition) is 3. The van der Waals surface area contributed by atoms with Crippen LogP contribution in [0.2, 0.25) is 0 Å². The van der Waals surface area contributed by atoms with Crippen molar-refractivity contribution in [2.75, 3.05) is 0 Å². The normalized spacial score (nSPS) is 24.5. The van der Waals surface area contributed by atoms with Gasteiger partial charge in [0.1, 0.15) is 0 Å². The first-order valence-corrected chi connectivity index (χ1v) is 8.63. The summed E-state index contributed by atoms with van der Waals surface area (Å²) in [6, 6.07) is 7.87. The molecule has 1 heterocycles. The molecule has 1 fully saturated rings. The van der Waals surface area contributed by atoms with E-state index in [-0.39, 0.29) is 18.3 Å². The number of aliphatic hydroxyl groups is 1. The standard InChI is InChI=1S/C19H31BO3/c1-14(2)11-12-19(7)18(5,6)22-20(23-19)16-10-8-9-15(13-16)17(3,4)21/h8-10,13-14,21H,11-12H2,1-7H3. The average molecular weight is 318 g/mol. The second-order valence-corrected chi connectivity index (χ2v) is 8.43. The lowest BCUT2D eigenvalue weighted by Gasteiger charge is -2.37. The summed E-state index contributed by atoms with van der Waals surface area (Å²) in [4.78, 5) is 0. The van der Waals surface area contributed by atoms with Crippen LogP contribution in [-0.4, -0.2) is 23.4 Å². The van der Waals surface area contributed by atoms with Crippen LogP contribution in [0.15, 0.2) is 24.3 Å². The highest BCUT2D eigenvalue weighted by molar-refractivity contribution is 6.62. The minimum absolute atomic E-state index is 0.313. The molecule has 23 heavy (non-hydrogen) atoms. The third kappa shape index (κ3) is 3.99. The molecule has 2 rings (SSSR count). The summed E-state index contributed by atoms with van der Waals surface area (Å²) in [7, 11) is -0.385. The fraction of sp³-hybridized carbons (Fsp3) is 0.684. The quantitative estimate of drug-likeness (QED) is 0.843.